The molecule has 0 heterocycles. The second kappa shape index (κ2) is 9.92. The zero-order valence-electron chi connectivity index (χ0n) is 14.9. The average Bonchev–Trinajstić information content (AvgIpc) is 2.40. The third-order valence-corrected chi connectivity index (χ3v) is 3.32. The molecule has 1 atom stereocenters. The maximum atomic E-state index is 6.03. The van der Waals surface area contributed by atoms with Crippen LogP contribution in [-0.2, 0) is 6.54 Å². The highest BCUT2D eigenvalue weighted by Crippen LogP contribution is 2.23. The van der Waals surface area contributed by atoms with E-state index >= 15 is 0 Å². The van der Waals surface area contributed by atoms with Gasteiger partial charge in [0, 0.05) is 33.8 Å². The number of hydrogen-bond acceptors (Lipinski definition) is 2. The lowest BCUT2D eigenvalue weighted by Crippen LogP contribution is -2.35. The minimum atomic E-state index is 0. The Hall–Kier alpha value is -0.980. The smallest absolute Gasteiger partial charge is 0.195 e. The molecule has 0 spiro atoms. The molecule has 0 saturated heterocycles. The first-order valence-corrected chi connectivity index (χ1v) is 7.50. The van der Waals surface area contributed by atoms with Gasteiger partial charge in [-0.05, 0) is 31.9 Å². The van der Waals surface area contributed by atoms with Gasteiger partial charge in [-0.1, -0.05) is 19.1 Å². The van der Waals surface area contributed by atoms with E-state index in [-0.39, 0.29) is 30.1 Å². The summed E-state index contributed by atoms with van der Waals surface area (Å²) in [6, 6.07) is 6.32. The minimum Gasteiger partial charge on any atom is -0.490 e. The lowest BCUT2D eigenvalue weighted by Gasteiger charge is -2.23. The minimum absolute atomic E-state index is 0. The molecule has 1 aromatic carbocycles. The van der Waals surface area contributed by atoms with Crippen molar-refractivity contribution in [2.75, 3.05) is 28.2 Å². The van der Waals surface area contributed by atoms with Crippen LogP contribution in [0.2, 0.25) is 0 Å². The molecule has 0 amide bonds. The summed E-state index contributed by atoms with van der Waals surface area (Å²) in [5.41, 5.74) is 2.34. The lowest BCUT2D eigenvalue weighted by atomic mass is 10.1. The second-order valence-electron chi connectivity index (χ2n) is 5.85. The van der Waals surface area contributed by atoms with Gasteiger partial charge in [-0.2, -0.15) is 0 Å². The van der Waals surface area contributed by atoms with Crippen molar-refractivity contribution >= 4 is 29.9 Å². The summed E-state index contributed by atoms with van der Waals surface area (Å²) in [4.78, 5) is 8.74. The van der Waals surface area contributed by atoms with Gasteiger partial charge in [0.05, 0.1) is 12.6 Å². The Morgan fingerprint density at radius 3 is 2.27 bits per heavy atom. The molecule has 0 aliphatic carbocycles. The Morgan fingerprint density at radius 1 is 1.18 bits per heavy atom. The first-order valence-electron chi connectivity index (χ1n) is 7.50. The number of rotatable bonds is 5. The van der Waals surface area contributed by atoms with E-state index in [2.05, 4.69) is 39.0 Å². The standard InChI is InChI=1S/C17H29N3O.HI/c1-8-14(3)21-16-11-13(2)9-10-15(16)12-18-17(19(4)5)20(6)7;/h9-11,14H,8,12H2,1-7H3;1H. The van der Waals surface area contributed by atoms with Gasteiger partial charge < -0.3 is 14.5 Å². The van der Waals surface area contributed by atoms with Crippen molar-refractivity contribution in [2.24, 2.45) is 4.99 Å². The fourth-order valence-corrected chi connectivity index (χ4v) is 2.04. The van der Waals surface area contributed by atoms with E-state index in [1.54, 1.807) is 0 Å². The molecule has 1 aromatic rings. The Bertz CT molecular complexity index is 477. The number of benzene rings is 1. The molecule has 0 bridgehead atoms. The number of nitrogens with zero attached hydrogens (tertiary/aromatic N) is 3. The van der Waals surface area contributed by atoms with Gasteiger partial charge in [0.2, 0.25) is 0 Å². The van der Waals surface area contributed by atoms with Gasteiger partial charge in [0.1, 0.15) is 5.75 Å². The zero-order valence-corrected chi connectivity index (χ0v) is 17.2. The molecule has 5 heteroatoms. The highest BCUT2D eigenvalue weighted by Gasteiger charge is 2.09. The summed E-state index contributed by atoms with van der Waals surface area (Å²) in [7, 11) is 8.02. The zero-order chi connectivity index (χ0) is 16.0. The van der Waals surface area contributed by atoms with Crippen LogP contribution in [0.4, 0.5) is 0 Å². The van der Waals surface area contributed by atoms with Crippen LogP contribution in [0.5, 0.6) is 5.75 Å². The number of hydrogen-bond donors (Lipinski definition) is 0. The van der Waals surface area contributed by atoms with E-state index in [0.717, 1.165) is 23.7 Å². The summed E-state index contributed by atoms with van der Waals surface area (Å²) in [6.45, 7) is 6.94. The highest BCUT2D eigenvalue weighted by molar-refractivity contribution is 14.0. The second-order valence-corrected chi connectivity index (χ2v) is 5.85. The van der Waals surface area contributed by atoms with E-state index in [4.69, 9.17) is 9.73 Å². The summed E-state index contributed by atoms with van der Waals surface area (Å²) >= 11 is 0. The number of guanidine groups is 1. The third-order valence-electron chi connectivity index (χ3n) is 3.32. The number of ether oxygens (including phenoxy) is 1. The van der Waals surface area contributed by atoms with E-state index in [0.29, 0.717) is 6.54 Å². The van der Waals surface area contributed by atoms with Crippen molar-refractivity contribution in [3.63, 3.8) is 0 Å². The Morgan fingerprint density at radius 2 is 1.77 bits per heavy atom. The van der Waals surface area contributed by atoms with Crippen molar-refractivity contribution < 1.29 is 4.74 Å². The molecule has 22 heavy (non-hydrogen) atoms. The molecule has 126 valence electrons. The molecule has 0 aliphatic heterocycles. The number of aliphatic imine (C=N–C) groups is 1. The fraction of sp³-hybridized carbons (Fsp3) is 0.588. The number of aryl methyl sites for hydroxylation is 1. The van der Waals surface area contributed by atoms with Crippen LogP contribution in [0, 0.1) is 6.92 Å². The molecular formula is C17H30IN3O. The van der Waals surface area contributed by atoms with Crippen molar-refractivity contribution in [2.45, 2.75) is 39.8 Å². The van der Waals surface area contributed by atoms with E-state index in [9.17, 15) is 0 Å². The summed E-state index contributed by atoms with van der Waals surface area (Å²) in [5.74, 6) is 1.90. The van der Waals surface area contributed by atoms with Gasteiger partial charge in [-0.15, -0.1) is 24.0 Å². The quantitative estimate of drug-likeness (QED) is 0.413. The van der Waals surface area contributed by atoms with Crippen LogP contribution < -0.4 is 4.74 Å². The largest absolute Gasteiger partial charge is 0.490 e. The molecule has 4 nitrogen and oxygen atoms in total. The Balaban J connectivity index is 0.00000441. The van der Waals surface area contributed by atoms with Crippen LogP contribution >= 0.6 is 24.0 Å². The van der Waals surface area contributed by atoms with Crippen LogP contribution in [0.1, 0.15) is 31.4 Å². The fourth-order valence-electron chi connectivity index (χ4n) is 2.04. The third kappa shape index (κ3) is 6.42. The van der Waals surface area contributed by atoms with Gasteiger partial charge >= 0.3 is 0 Å². The normalized spacial score (nSPS) is 11.2. The molecule has 0 aliphatic rings. The van der Waals surface area contributed by atoms with E-state index in [1.165, 1.54) is 5.56 Å². The van der Waals surface area contributed by atoms with E-state index < -0.39 is 0 Å². The average molecular weight is 419 g/mol. The van der Waals surface area contributed by atoms with Crippen LogP contribution in [0.15, 0.2) is 23.2 Å². The molecule has 0 radical (unpaired) electrons. The van der Waals surface area contributed by atoms with Crippen molar-refractivity contribution in [3.8, 4) is 5.75 Å². The van der Waals surface area contributed by atoms with Gasteiger partial charge in [0.15, 0.2) is 5.96 Å². The molecule has 0 fully saturated rings. The number of halogens is 1. The van der Waals surface area contributed by atoms with Crippen molar-refractivity contribution in [1.29, 1.82) is 0 Å². The first kappa shape index (κ1) is 21.0. The van der Waals surface area contributed by atoms with Gasteiger partial charge in [0.25, 0.3) is 0 Å². The molecule has 0 N–H and O–H groups in total. The van der Waals surface area contributed by atoms with Crippen molar-refractivity contribution in [1.82, 2.24) is 9.80 Å². The summed E-state index contributed by atoms with van der Waals surface area (Å²) in [5, 5.41) is 0. The van der Waals surface area contributed by atoms with Crippen LogP contribution in [-0.4, -0.2) is 50.1 Å². The molecule has 1 rings (SSSR count). The van der Waals surface area contributed by atoms with Gasteiger partial charge in [-0.25, -0.2) is 4.99 Å². The van der Waals surface area contributed by atoms with E-state index in [1.807, 2.05) is 38.0 Å². The first-order chi connectivity index (χ1) is 9.85. The Kier molecular flexibility index (Phi) is 9.48. The van der Waals surface area contributed by atoms with Crippen LogP contribution in [0.3, 0.4) is 0 Å². The highest BCUT2D eigenvalue weighted by atomic mass is 127. The SMILES string of the molecule is CCC(C)Oc1cc(C)ccc1CN=C(N(C)C)N(C)C.I. The predicted octanol–water partition coefficient (Wildman–Crippen LogP) is 3.77. The molecule has 0 aromatic heterocycles. The van der Waals surface area contributed by atoms with Crippen molar-refractivity contribution in [3.05, 3.63) is 29.3 Å². The molecule has 0 saturated carbocycles. The summed E-state index contributed by atoms with van der Waals surface area (Å²) < 4.78 is 6.03. The monoisotopic (exact) mass is 419 g/mol. The Labute approximate surface area is 152 Å². The maximum Gasteiger partial charge on any atom is 0.195 e. The van der Waals surface area contributed by atoms with Gasteiger partial charge in [-0.3, -0.25) is 0 Å². The maximum absolute atomic E-state index is 6.03. The lowest BCUT2D eigenvalue weighted by molar-refractivity contribution is 0.215. The summed E-state index contributed by atoms with van der Waals surface area (Å²) in [6.07, 6.45) is 1.22. The molecule has 1 unspecified atom stereocenters. The van der Waals surface area contributed by atoms with Crippen LogP contribution in [0.25, 0.3) is 0 Å². The predicted molar refractivity (Wildman–Crippen MR) is 105 cm³/mol. The molecular weight excluding hydrogens is 389 g/mol. The topological polar surface area (TPSA) is 28.1 Å².